The molecule has 0 aliphatic carbocycles. The normalized spacial score (nSPS) is 11.1. The van der Waals surface area contributed by atoms with Crippen molar-refractivity contribution in [2.45, 2.75) is 19.5 Å². The zero-order chi connectivity index (χ0) is 26.0. The Balaban J connectivity index is 1.94. The minimum absolute atomic E-state index is 0.0941. The third-order valence-electron chi connectivity index (χ3n) is 4.09. The van der Waals surface area contributed by atoms with Gasteiger partial charge in [0.15, 0.2) is 18.1 Å². The third-order valence-corrected chi connectivity index (χ3v) is 4.68. The first-order valence-electron chi connectivity index (χ1n) is 9.98. The number of anilines is 1. The van der Waals surface area contributed by atoms with Gasteiger partial charge in [-0.1, -0.05) is 6.07 Å². The predicted molar refractivity (Wildman–Crippen MR) is 123 cm³/mol. The van der Waals surface area contributed by atoms with Gasteiger partial charge in [-0.3, -0.25) is 9.59 Å². The Morgan fingerprint density at radius 2 is 1.89 bits per heavy atom. The number of ether oxygens (including phenoxy) is 3. The van der Waals surface area contributed by atoms with Crippen LogP contribution in [0.25, 0.3) is 0 Å². The van der Waals surface area contributed by atoms with Crippen molar-refractivity contribution in [2.75, 3.05) is 25.6 Å². The summed E-state index contributed by atoms with van der Waals surface area (Å²) in [5.74, 6) is -1.62. The van der Waals surface area contributed by atoms with Gasteiger partial charge in [0.1, 0.15) is 6.42 Å². The van der Waals surface area contributed by atoms with Crippen LogP contribution in [0.15, 0.2) is 46.0 Å². The standard InChI is InChI=1S/C22H21BrF3N3O6/c1-3-34-20(32)12-35-21-16(23)7-13(8-17(21)33-2)11-27-29-19(31)10-18(30)28-15-6-4-5-14(9-15)22(24,25)26/h4-9,11H,3,10,12H2,1-2H3,(H,28,30)(H,29,31). The molecule has 0 saturated heterocycles. The van der Waals surface area contributed by atoms with Crippen LogP contribution in [-0.4, -0.2) is 44.3 Å². The molecule has 2 N–H and O–H groups in total. The molecule has 13 heteroatoms. The molecule has 0 saturated carbocycles. The maximum absolute atomic E-state index is 12.8. The van der Waals surface area contributed by atoms with Crippen molar-refractivity contribution in [3.63, 3.8) is 0 Å². The molecular weight excluding hydrogens is 539 g/mol. The number of rotatable bonds is 10. The molecule has 0 radical (unpaired) electrons. The highest BCUT2D eigenvalue weighted by atomic mass is 79.9. The van der Waals surface area contributed by atoms with Gasteiger partial charge in [-0.25, -0.2) is 10.2 Å². The fourth-order valence-corrected chi connectivity index (χ4v) is 3.20. The smallest absolute Gasteiger partial charge is 0.416 e. The Hall–Kier alpha value is -3.61. The molecule has 0 atom stereocenters. The molecule has 0 bridgehead atoms. The number of esters is 1. The van der Waals surface area contributed by atoms with Crippen LogP contribution < -0.4 is 20.2 Å². The van der Waals surface area contributed by atoms with Crippen molar-refractivity contribution in [1.82, 2.24) is 5.43 Å². The number of carbonyl (C=O) groups excluding carboxylic acids is 3. The zero-order valence-electron chi connectivity index (χ0n) is 18.6. The lowest BCUT2D eigenvalue weighted by atomic mass is 10.2. The number of amides is 2. The minimum atomic E-state index is -4.56. The summed E-state index contributed by atoms with van der Waals surface area (Å²) in [6.07, 6.45) is -3.96. The molecule has 0 aliphatic heterocycles. The lowest BCUT2D eigenvalue weighted by Gasteiger charge is -2.13. The summed E-state index contributed by atoms with van der Waals surface area (Å²) in [5.41, 5.74) is 1.61. The summed E-state index contributed by atoms with van der Waals surface area (Å²) in [6, 6.07) is 7.15. The van der Waals surface area contributed by atoms with Crippen molar-refractivity contribution in [1.29, 1.82) is 0 Å². The molecule has 0 unspecified atom stereocenters. The highest BCUT2D eigenvalue weighted by Gasteiger charge is 2.30. The van der Waals surface area contributed by atoms with E-state index in [1.165, 1.54) is 25.5 Å². The molecule has 2 amide bonds. The number of halogens is 4. The summed E-state index contributed by atoms with van der Waals surface area (Å²) in [6.45, 7) is 1.56. The van der Waals surface area contributed by atoms with Crippen LogP contribution in [0.2, 0.25) is 0 Å². The summed E-state index contributed by atoms with van der Waals surface area (Å²) >= 11 is 3.30. The molecule has 0 spiro atoms. The monoisotopic (exact) mass is 559 g/mol. The van der Waals surface area contributed by atoms with E-state index in [1.807, 2.05) is 0 Å². The molecule has 0 fully saturated rings. The van der Waals surface area contributed by atoms with Crippen LogP contribution in [0.1, 0.15) is 24.5 Å². The quantitative estimate of drug-likeness (QED) is 0.197. The Labute approximate surface area is 206 Å². The van der Waals surface area contributed by atoms with Crippen LogP contribution >= 0.6 is 15.9 Å². The minimum Gasteiger partial charge on any atom is -0.493 e. The van der Waals surface area contributed by atoms with Crippen LogP contribution in [0.3, 0.4) is 0 Å². The van der Waals surface area contributed by atoms with Crippen molar-refractivity contribution >= 4 is 45.6 Å². The van der Waals surface area contributed by atoms with Crippen molar-refractivity contribution in [3.05, 3.63) is 52.0 Å². The van der Waals surface area contributed by atoms with Crippen molar-refractivity contribution < 1.29 is 41.8 Å². The number of nitrogens with one attached hydrogen (secondary N) is 2. The number of alkyl halides is 3. The number of nitrogens with zero attached hydrogens (tertiary/aromatic N) is 1. The summed E-state index contributed by atoms with van der Waals surface area (Å²) < 4.78 is 54.2. The lowest BCUT2D eigenvalue weighted by Crippen LogP contribution is -2.24. The second kappa shape index (κ2) is 12.7. The topological polar surface area (TPSA) is 115 Å². The molecule has 188 valence electrons. The van der Waals surface area contributed by atoms with Gasteiger partial charge >= 0.3 is 12.1 Å². The molecule has 35 heavy (non-hydrogen) atoms. The van der Waals surface area contributed by atoms with E-state index in [-0.39, 0.29) is 30.4 Å². The van der Waals surface area contributed by atoms with Crippen LogP contribution in [0.5, 0.6) is 11.5 Å². The Morgan fingerprint density at radius 3 is 2.54 bits per heavy atom. The summed E-state index contributed by atoms with van der Waals surface area (Å²) in [5, 5.41) is 5.98. The highest BCUT2D eigenvalue weighted by molar-refractivity contribution is 9.10. The number of carbonyl (C=O) groups is 3. The molecule has 0 aliphatic rings. The second-order valence-corrected chi connectivity index (χ2v) is 7.58. The van der Waals surface area contributed by atoms with Gasteiger partial charge < -0.3 is 19.5 Å². The van der Waals surface area contributed by atoms with E-state index in [0.29, 0.717) is 10.0 Å². The van der Waals surface area contributed by atoms with Gasteiger partial charge in [0.2, 0.25) is 11.8 Å². The first-order valence-corrected chi connectivity index (χ1v) is 10.8. The molecule has 0 aromatic heterocycles. The number of hydrazone groups is 1. The average Bonchev–Trinajstić information content (AvgIpc) is 2.77. The van der Waals surface area contributed by atoms with E-state index in [0.717, 1.165) is 18.2 Å². The SMILES string of the molecule is CCOC(=O)COc1c(Br)cc(C=NNC(=O)CC(=O)Nc2cccc(C(F)(F)F)c2)cc1OC. The predicted octanol–water partition coefficient (Wildman–Crippen LogP) is 3.90. The Morgan fingerprint density at radius 1 is 1.14 bits per heavy atom. The van der Waals surface area contributed by atoms with Crippen LogP contribution in [0.4, 0.5) is 18.9 Å². The fourth-order valence-electron chi connectivity index (χ4n) is 2.63. The van der Waals surface area contributed by atoms with Gasteiger partial charge in [0, 0.05) is 5.69 Å². The van der Waals surface area contributed by atoms with E-state index < -0.39 is 35.9 Å². The number of hydrogen-bond donors (Lipinski definition) is 2. The highest BCUT2D eigenvalue weighted by Crippen LogP contribution is 2.36. The van der Waals surface area contributed by atoms with Gasteiger partial charge in [0.05, 0.1) is 30.0 Å². The van der Waals surface area contributed by atoms with Crippen molar-refractivity contribution in [2.24, 2.45) is 5.10 Å². The van der Waals surface area contributed by atoms with Gasteiger partial charge in [-0.15, -0.1) is 0 Å². The van der Waals surface area contributed by atoms with Gasteiger partial charge in [0.25, 0.3) is 0 Å². The number of methoxy groups -OCH3 is 1. The average molecular weight is 560 g/mol. The maximum atomic E-state index is 12.8. The zero-order valence-corrected chi connectivity index (χ0v) is 20.2. The van der Waals surface area contributed by atoms with Crippen LogP contribution in [0, 0.1) is 0 Å². The van der Waals surface area contributed by atoms with Gasteiger partial charge in [-0.05, 0) is 58.7 Å². The Kier molecular flexibility index (Phi) is 10.1. The number of hydrogen-bond acceptors (Lipinski definition) is 7. The molecular formula is C22H21BrF3N3O6. The lowest BCUT2D eigenvalue weighted by molar-refractivity contribution is -0.145. The van der Waals surface area contributed by atoms with E-state index >= 15 is 0 Å². The molecule has 2 aromatic carbocycles. The summed E-state index contributed by atoms with van der Waals surface area (Å²) in [7, 11) is 1.39. The van der Waals surface area contributed by atoms with E-state index in [9.17, 15) is 27.6 Å². The fraction of sp³-hybridized carbons (Fsp3) is 0.273. The molecule has 2 aromatic rings. The maximum Gasteiger partial charge on any atom is 0.416 e. The Bertz CT molecular complexity index is 1110. The van der Waals surface area contributed by atoms with E-state index in [1.54, 1.807) is 13.0 Å². The van der Waals surface area contributed by atoms with Gasteiger partial charge in [-0.2, -0.15) is 18.3 Å². The largest absolute Gasteiger partial charge is 0.493 e. The molecule has 0 heterocycles. The second-order valence-electron chi connectivity index (χ2n) is 6.72. The van der Waals surface area contributed by atoms with Crippen molar-refractivity contribution in [3.8, 4) is 11.5 Å². The molecule has 9 nitrogen and oxygen atoms in total. The first kappa shape index (κ1) is 27.6. The molecule has 2 rings (SSSR count). The van der Waals surface area contributed by atoms with Crippen LogP contribution in [-0.2, 0) is 25.3 Å². The van der Waals surface area contributed by atoms with E-state index in [4.69, 9.17) is 14.2 Å². The number of benzene rings is 2. The summed E-state index contributed by atoms with van der Waals surface area (Å²) in [4.78, 5) is 35.4. The third kappa shape index (κ3) is 8.92. The van der Waals surface area contributed by atoms with E-state index in [2.05, 4.69) is 31.8 Å². The first-order chi connectivity index (χ1) is 16.5.